The van der Waals surface area contributed by atoms with Gasteiger partial charge in [0.05, 0.1) is 6.67 Å². The predicted molar refractivity (Wildman–Crippen MR) is 56.2 cm³/mol. The topological polar surface area (TPSA) is 70.4 Å². The van der Waals surface area contributed by atoms with E-state index in [0.29, 0.717) is 6.67 Å². The molecular weight excluding hydrogens is 283 g/mol. The van der Waals surface area contributed by atoms with Crippen molar-refractivity contribution in [3.63, 3.8) is 0 Å². The Labute approximate surface area is 90.5 Å². The summed E-state index contributed by atoms with van der Waals surface area (Å²) in [7, 11) is 0. The van der Waals surface area contributed by atoms with Crippen LogP contribution in [-0.2, 0) is 0 Å². The van der Waals surface area contributed by atoms with Gasteiger partial charge in [0.2, 0.25) is 3.67 Å². The molecule has 1 heterocycles. The van der Waals surface area contributed by atoms with Gasteiger partial charge in [-0.25, -0.2) is 9.69 Å². The van der Waals surface area contributed by atoms with Gasteiger partial charge < -0.3 is 16.4 Å². The van der Waals surface area contributed by atoms with Crippen LogP contribution in [0.5, 0.6) is 0 Å². The Morgan fingerprint density at radius 2 is 2.54 bits per heavy atom. The number of hydrogen-bond acceptors (Lipinski definition) is 3. The molecule has 1 rings (SSSR count). The van der Waals surface area contributed by atoms with Crippen LogP contribution in [0.15, 0.2) is 0 Å². The molecule has 5 nitrogen and oxygen atoms in total. The number of nitrogens with one attached hydrogen (secondary N) is 2. The summed E-state index contributed by atoms with van der Waals surface area (Å²) in [4.78, 5) is 12.5. The van der Waals surface area contributed by atoms with Crippen LogP contribution in [-0.4, -0.2) is 34.4 Å². The fraction of sp³-hybridized carbons (Fsp3) is 0.571. The average molecular weight is 293 g/mol. The van der Waals surface area contributed by atoms with Crippen LogP contribution < -0.4 is 16.4 Å². The molecule has 1 saturated heterocycles. The summed E-state index contributed by atoms with van der Waals surface area (Å²) >= 11 is 1.93. The first-order chi connectivity index (χ1) is 6.08. The van der Waals surface area contributed by atoms with Crippen molar-refractivity contribution in [1.29, 1.82) is 0 Å². The highest BCUT2D eigenvalue weighted by Crippen LogP contribution is 2.20. The molecule has 1 aliphatic heterocycles. The Morgan fingerprint density at radius 1 is 1.85 bits per heavy atom. The fourth-order valence-electron chi connectivity index (χ4n) is 1.12. The second-order valence-electron chi connectivity index (χ2n) is 2.66. The van der Waals surface area contributed by atoms with E-state index in [2.05, 4.69) is 16.6 Å². The van der Waals surface area contributed by atoms with Crippen LogP contribution in [0.3, 0.4) is 0 Å². The second-order valence-corrected chi connectivity index (χ2v) is 4.22. The summed E-state index contributed by atoms with van der Waals surface area (Å²) < 4.78 is -0.924. The Hall–Kier alpha value is -0.520. The van der Waals surface area contributed by atoms with Gasteiger partial charge in [-0.15, -0.1) is 0 Å². The standard InChI is InChI=1S/C7H10IN4O/c1-2-7(8,11-6(9)13)12-4-3-10-5-12/h10H,3-5H2,(H3,9,11,13). The first kappa shape index (κ1) is 10.6. The van der Waals surface area contributed by atoms with Gasteiger partial charge in [-0.05, 0) is 34.9 Å². The Balaban J connectivity index is 2.68. The molecule has 1 atom stereocenters. The van der Waals surface area contributed by atoms with E-state index in [4.69, 9.17) is 12.2 Å². The maximum atomic E-state index is 10.7. The molecule has 1 fully saturated rings. The first-order valence-corrected chi connectivity index (χ1v) is 4.82. The molecule has 2 amide bonds. The van der Waals surface area contributed by atoms with Crippen LogP contribution in [0.4, 0.5) is 4.79 Å². The van der Waals surface area contributed by atoms with Gasteiger partial charge in [-0.3, -0.25) is 0 Å². The highest BCUT2D eigenvalue weighted by molar-refractivity contribution is 14.1. The fourth-order valence-corrected chi connectivity index (χ4v) is 1.80. The maximum absolute atomic E-state index is 10.7. The lowest BCUT2D eigenvalue weighted by Gasteiger charge is -2.31. The Morgan fingerprint density at radius 3 is 2.92 bits per heavy atom. The Kier molecular flexibility index (Phi) is 3.35. The molecular formula is C7H10IN4O. The monoisotopic (exact) mass is 293 g/mol. The van der Waals surface area contributed by atoms with Gasteiger partial charge in [0.25, 0.3) is 0 Å². The summed E-state index contributed by atoms with van der Waals surface area (Å²) in [5, 5.41) is 5.55. The van der Waals surface area contributed by atoms with Gasteiger partial charge in [-0.1, -0.05) is 0 Å². The number of halogens is 1. The number of nitrogens with two attached hydrogens (primary N) is 1. The molecule has 0 aliphatic carbocycles. The number of rotatable bonds is 2. The van der Waals surface area contributed by atoms with E-state index in [9.17, 15) is 4.79 Å². The molecule has 0 saturated carbocycles. The molecule has 4 N–H and O–H groups in total. The lowest BCUT2D eigenvalue weighted by molar-refractivity contribution is 0.215. The molecule has 1 unspecified atom stereocenters. The number of amides is 2. The van der Waals surface area contributed by atoms with E-state index in [-0.39, 0.29) is 0 Å². The highest BCUT2D eigenvalue weighted by Gasteiger charge is 2.34. The van der Waals surface area contributed by atoms with Gasteiger partial charge in [0, 0.05) is 13.1 Å². The van der Waals surface area contributed by atoms with Crippen molar-refractivity contribution >= 4 is 28.6 Å². The van der Waals surface area contributed by atoms with Crippen LogP contribution >= 0.6 is 22.6 Å². The molecule has 0 aromatic heterocycles. The number of primary amides is 1. The molecule has 13 heavy (non-hydrogen) atoms. The third kappa shape index (κ3) is 2.46. The second kappa shape index (κ2) is 4.13. The number of alkyl halides is 1. The minimum Gasteiger partial charge on any atom is -0.352 e. The quantitative estimate of drug-likeness (QED) is 0.270. The predicted octanol–water partition coefficient (Wildman–Crippen LogP) is -0.804. The number of nitrogens with zero attached hydrogens (tertiary/aromatic N) is 1. The lowest BCUT2D eigenvalue weighted by atomic mass is 10.4. The molecule has 0 aromatic rings. The van der Waals surface area contributed by atoms with Gasteiger partial charge in [0.1, 0.15) is 0 Å². The van der Waals surface area contributed by atoms with Crippen LogP contribution in [0.25, 0.3) is 0 Å². The minimum absolute atomic E-state index is 0.620. The molecule has 0 bridgehead atoms. The van der Waals surface area contributed by atoms with Gasteiger partial charge >= 0.3 is 6.03 Å². The molecule has 1 radical (unpaired) electrons. The molecule has 1 aliphatic rings. The highest BCUT2D eigenvalue weighted by atomic mass is 127. The molecule has 0 spiro atoms. The van der Waals surface area contributed by atoms with Crippen molar-refractivity contribution in [3.05, 3.63) is 6.42 Å². The van der Waals surface area contributed by atoms with E-state index in [1.807, 2.05) is 27.5 Å². The largest absolute Gasteiger partial charge is 0.352 e. The number of carbonyl (C=O) groups is 1. The average Bonchev–Trinajstić information content (AvgIpc) is 2.55. The van der Waals surface area contributed by atoms with Gasteiger partial charge in [-0.2, -0.15) is 0 Å². The summed E-state index contributed by atoms with van der Waals surface area (Å²) in [6.07, 6.45) is 7.12. The summed E-state index contributed by atoms with van der Waals surface area (Å²) in [5.74, 6) is 2.26. The third-order valence-corrected chi connectivity index (χ3v) is 2.97. The van der Waals surface area contributed by atoms with Gasteiger partial charge in [0.15, 0.2) is 0 Å². The zero-order valence-corrected chi connectivity index (χ0v) is 9.09. The van der Waals surface area contributed by atoms with Crippen LogP contribution in [0, 0.1) is 12.3 Å². The normalized spacial score (nSPS) is 21.8. The minimum atomic E-state index is -0.924. The van der Waals surface area contributed by atoms with Crippen LogP contribution in [0.2, 0.25) is 0 Å². The molecule has 71 valence electrons. The summed E-state index contributed by atoms with van der Waals surface area (Å²) in [5.41, 5.74) is 5.00. The molecule has 0 aromatic carbocycles. The van der Waals surface area contributed by atoms with Crippen molar-refractivity contribution in [2.24, 2.45) is 5.73 Å². The van der Waals surface area contributed by atoms with E-state index >= 15 is 0 Å². The van der Waals surface area contributed by atoms with Crippen molar-refractivity contribution in [2.75, 3.05) is 19.8 Å². The van der Waals surface area contributed by atoms with Crippen molar-refractivity contribution in [1.82, 2.24) is 15.5 Å². The number of hydrogen-bond donors (Lipinski definition) is 3. The molecule has 6 heteroatoms. The van der Waals surface area contributed by atoms with E-state index in [0.717, 1.165) is 13.1 Å². The summed E-state index contributed by atoms with van der Waals surface area (Å²) in [6.45, 7) is 2.22. The van der Waals surface area contributed by atoms with E-state index < -0.39 is 9.70 Å². The Bertz CT molecular complexity index is 245. The SMILES string of the molecule is [C]#CC(I)(NC(N)=O)N1CCNC1. The van der Waals surface area contributed by atoms with Crippen molar-refractivity contribution < 1.29 is 4.79 Å². The lowest BCUT2D eigenvalue weighted by Crippen LogP contribution is -2.56. The first-order valence-electron chi connectivity index (χ1n) is 3.74. The van der Waals surface area contributed by atoms with Crippen molar-refractivity contribution in [2.45, 2.75) is 3.67 Å². The third-order valence-electron chi connectivity index (χ3n) is 1.75. The summed E-state index contributed by atoms with van der Waals surface area (Å²) in [6, 6.07) is -0.652. The zero-order chi connectivity index (χ0) is 9.90. The zero-order valence-electron chi connectivity index (χ0n) is 6.93. The van der Waals surface area contributed by atoms with E-state index in [1.54, 1.807) is 0 Å². The number of carbonyl (C=O) groups excluding carboxylic acids is 1. The number of urea groups is 1. The maximum Gasteiger partial charge on any atom is 0.314 e. The van der Waals surface area contributed by atoms with Crippen LogP contribution in [0.1, 0.15) is 0 Å². The van der Waals surface area contributed by atoms with E-state index in [1.165, 1.54) is 0 Å². The van der Waals surface area contributed by atoms with Crippen molar-refractivity contribution in [3.8, 4) is 5.92 Å². The smallest absolute Gasteiger partial charge is 0.314 e.